The van der Waals surface area contributed by atoms with Crippen LogP contribution in [0.2, 0.25) is 0 Å². The smallest absolute Gasteiger partial charge is 0.357 e. The lowest BCUT2D eigenvalue weighted by molar-refractivity contribution is -0.597. The monoisotopic (exact) mass is 773 g/mol. The lowest BCUT2D eigenvalue weighted by Crippen LogP contribution is -3.61. The van der Waals surface area contributed by atoms with Gasteiger partial charge in [-0.15, -0.1) is 0 Å². The molecule has 0 fully saturated rings. The van der Waals surface area contributed by atoms with Crippen LogP contribution in [0.4, 0.5) is 0 Å². The summed E-state index contributed by atoms with van der Waals surface area (Å²) in [6.07, 6.45) is 0. The van der Waals surface area contributed by atoms with Crippen LogP contribution < -0.4 is 30.7 Å². The van der Waals surface area contributed by atoms with Crippen molar-refractivity contribution in [3.63, 3.8) is 0 Å². The molecule has 0 aromatic heterocycles. The molecule has 0 N–H and O–H groups in total. The van der Waals surface area contributed by atoms with Gasteiger partial charge in [0.05, 0.1) is 11.1 Å². The van der Waals surface area contributed by atoms with E-state index in [-0.39, 0.29) is 11.9 Å². The van der Waals surface area contributed by atoms with Gasteiger partial charge in [-0.05, 0) is 142 Å². The quantitative estimate of drug-likeness (QED) is 0.171. The number of esters is 2. The normalized spacial score (nSPS) is 10.5. The largest absolute Gasteiger partial charge is 0.423 e. The Morgan fingerprint density at radius 3 is 1.18 bits per heavy atom. The van der Waals surface area contributed by atoms with Crippen molar-refractivity contribution < 1.29 is 40.3 Å². The van der Waals surface area contributed by atoms with Gasteiger partial charge < -0.3 is 9.47 Å². The Kier molecular flexibility index (Phi) is 8.36. The summed E-state index contributed by atoms with van der Waals surface area (Å²) in [4.78, 5) is 24.5. The van der Waals surface area contributed by atoms with Crippen molar-refractivity contribution in [2.24, 2.45) is 0 Å². The molecule has 164 valence electrons. The van der Waals surface area contributed by atoms with Crippen molar-refractivity contribution in [3.05, 3.63) is 122 Å². The Morgan fingerprint density at radius 2 is 0.848 bits per heavy atom. The van der Waals surface area contributed by atoms with Crippen molar-refractivity contribution >= 4 is 57.1 Å². The molecule has 0 saturated heterocycles. The zero-order valence-corrected chi connectivity index (χ0v) is 23.5. The molecule has 4 aromatic carbocycles. The lowest BCUT2D eigenvalue weighted by atomic mass is 10.2. The van der Waals surface area contributed by atoms with Gasteiger partial charge in [-0.25, -0.2) is 9.59 Å². The third-order valence-electron chi connectivity index (χ3n) is 4.43. The number of hydrogen-bond donors (Lipinski definition) is 0. The maximum atomic E-state index is 12.3. The Labute approximate surface area is 229 Å². The second-order valence-corrected chi connectivity index (χ2v) is 12.3. The number of rotatable bonds is 6. The van der Waals surface area contributed by atoms with Gasteiger partial charge in [0.15, 0.2) is 7.14 Å². The fourth-order valence-corrected chi connectivity index (χ4v) is 5.64. The number of ether oxygens (including phenoxy) is 2. The molecule has 0 bridgehead atoms. The SMILES string of the molecule is O=C(Oc1ccc([I+]c2ccc(OC(=O)c3ccc(I)cc3)cc2)cc1)c1ccc(I)cc1. The Morgan fingerprint density at radius 1 is 0.515 bits per heavy atom. The van der Waals surface area contributed by atoms with E-state index < -0.39 is 21.2 Å². The number of carbonyl (C=O) groups is 2. The molecule has 0 saturated carbocycles. The zero-order chi connectivity index (χ0) is 23.2. The van der Waals surface area contributed by atoms with E-state index in [1.54, 1.807) is 24.3 Å². The van der Waals surface area contributed by atoms with Crippen LogP contribution in [0.1, 0.15) is 20.7 Å². The van der Waals surface area contributed by atoms with Gasteiger partial charge in [0.25, 0.3) is 0 Å². The van der Waals surface area contributed by atoms with Crippen LogP contribution in [0.25, 0.3) is 0 Å². The number of halogens is 3. The standard InChI is InChI=1S/C26H16I3O4/c27-19-5-1-17(2-6-19)25(30)32-23-13-9-21(10-14-23)29-22-11-15-24(16-12-22)33-26(31)18-3-7-20(28)8-4-18/h1-16H/q+1. The molecule has 0 unspecified atom stereocenters. The molecule has 4 nitrogen and oxygen atoms in total. The maximum Gasteiger partial charge on any atom is 0.357 e. The van der Waals surface area contributed by atoms with Gasteiger partial charge in [-0.3, -0.25) is 0 Å². The van der Waals surface area contributed by atoms with E-state index in [0.29, 0.717) is 22.6 Å². The summed E-state index contributed by atoms with van der Waals surface area (Å²) in [6, 6.07) is 29.7. The molecule has 0 atom stereocenters. The van der Waals surface area contributed by atoms with Crippen LogP contribution in [0.15, 0.2) is 97.1 Å². The molecule has 0 spiro atoms. The molecule has 0 radical (unpaired) electrons. The first kappa shape index (κ1) is 24.1. The van der Waals surface area contributed by atoms with E-state index in [0.717, 1.165) is 7.14 Å². The summed E-state index contributed by atoms with van der Waals surface area (Å²) < 4.78 is 15.4. The Balaban J connectivity index is 1.33. The molecule has 0 heterocycles. The van der Waals surface area contributed by atoms with Gasteiger partial charge in [-0.1, -0.05) is 0 Å². The van der Waals surface area contributed by atoms with Gasteiger partial charge in [-0.2, -0.15) is 0 Å². The van der Waals surface area contributed by atoms with Crippen LogP contribution in [0, 0.1) is 14.3 Å². The number of benzene rings is 4. The highest BCUT2D eigenvalue weighted by Gasteiger charge is 2.17. The van der Waals surface area contributed by atoms with Crippen LogP contribution >= 0.6 is 45.2 Å². The summed E-state index contributed by atoms with van der Waals surface area (Å²) in [5.41, 5.74) is 1.05. The summed E-state index contributed by atoms with van der Waals surface area (Å²) in [6.45, 7) is 0. The highest BCUT2D eigenvalue weighted by molar-refractivity contribution is 14.1. The van der Waals surface area contributed by atoms with E-state index in [1.165, 1.54) is 7.14 Å². The fourth-order valence-electron chi connectivity index (χ4n) is 2.76. The summed E-state index contributed by atoms with van der Waals surface area (Å²) in [5.74, 6) is 0.293. The summed E-state index contributed by atoms with van der Waals surface area (Å²) in [5, 5.41) is 0. The van der Waals surface area contributed by atoms with Gasteiger partial charge >= 0.3 is 33.1 Å². The van der Waals surface area contributed by atoms with Crippen LogP contribution in [0.3, 0.4) is 0 Å². The molecule has 0 amide bonds. The van der Waals surface area contributed by atoms with E-state index in [2.05, 4.69) is 45.2 Å². The molecule has 0 aliphatic carbocycles. The molecule has 4 aromatic rings. The molecule has 7 heteroatoms. The first-order valence-corrected chi connectivity index (χ1v) is 14.1. The summed E-state index contributed by atoms with van der Waals surface area (Å²) >= 11 is 3.97. The highest BCUT2D eigenvalue weighted by Crippen LogP contribution is 2.15. The molecule has 0 aliphatic rings. The Bertz CT molecular complexity index is 1150. The Hall–Kier alpha value is -1.99. The average Bonchev–Trinajstić information content (AvgIpc) is 2.82. The first-order chi connectivity index (χ1) is 16.0. The summed E-state index contributed by atoms with van der Waals surface area (Å²) in [7, 11) is 0. The topological polar surface area (TPSA) is 52.6 Å². The van der Waals surface area contributed by atoms with Crippen LogP contribution in [0.5, 0.6) is 11.5 Å². The van der Waals surface area contributed by atoms with Crippen molar-refractivity contribution in [1.29, 1.82) is 0 Å². The van der Waals surface area contributed by atoms with E-state index in [9.17, 15) is 9.59 Å². The fraction of sp³-hybridized carbons (Fsp3) is 0. The molecular weight excluding hydrogens is 757 g/mol. The lowest BCUT2D eigenvalue weighted by Gasteiger charge is -2.04. The van der Waals surface area contributed by atoms with Crippen molar-refractivity contribution in [2.75, 3.05) is 0 Å². The van der Waals surface area contributed by atoms with Crippen LogP contribution in [-0.2, 0) is 0 Å². The number of hydrogen-bond acceptors (Lipinski definition) is 4. The minimum atomic E-state index is -0.418. The van der Waals surface area contributed by atoms with Gasteiger partial charge in [0.1, 0.15) is 11.5 Å². The zero-order valence-electron chi connectivity index (χ0n) is 17.0. The third-order valence-corrected chi connectivity index (χ3v) is 8.55. The number of carbonyl (C=O) groups excluding carboxylic acids is 2. The molecule has 33 heavy (non-hydrogen) atoms. The first-order valence-electron chi connectivity index (χ1n) is 9.77. The second kappa shape index (κ2) is 11.4. The van der Waals surface area contributed by atoms with Crippen LogP contribution in [-0.4, -0.2) is 11.9 Å². The van der Waals surface area contributed by atoms with Gasteiger partial charge in [0.2, 0.25) is 0 Å². The van der Waals surface area contributed by atoms with E-state index >= 15 is 0 Å². The predicted octanol–water partition coefficient (Wildman–Crippen LogP) is 3.46. The predicted molar refractivity (Wildman–Crippen MR) is 139 cm³/mol. The maximum absolute atomic E-state index is 12.3. The molecule has 4 rings (SSSR count). The minimum absolute atomic E-state index is 0.371. The van der Waals surface area contributed by atoms with Gasteiger partial charge in [0, 0.05) is 7.14 Å². The highest BCUT2D eigenvalue weighted by atomic mass is 127. The molecule has 0 aliphatic heterocycles. The van der Waals surface area contributed by atoms with E-state index in [4.69, 9.17) is 9.47 Å². The second-order valence-electron chi connectivity index (χ2n) is 6.80. The third kappa shape index (κ3) is 7.00. The molecular formula is C26H16I3O4+. The average molecular weight is 773 g/mol. The van der Waals surface area contributed by atoms with Crippen molar-refractivity contribution in [3.8, 4) is 11.5 Å². The van der Waals surface area contributed by atoms with Crippen molar-refractivity contribution in [2.45, 2.75) is 0 Å². The minimum Gasteiger partial charge on any atom is -0.423 e. The van der Waals surface area contributed by atoms with Crippen molar-refractivity contribution in [1.82, 2.24) is 0 Å². The van der Waals surface area contributed by atoms with E-state index in [1.807, 2.05) is 72.8 Å².